The zero-order valence-corrected chi connectivity index (χ0v) is 19.1. The summed E-state index contributed by atoms with van der Waals surface area (Å²) in [5.41, 5.74) is 0.914. The number of rotatable bonds is 11. The summed E-state index contributed by atoms with van der Waals surface area (Å²) in [5.74, 6) is 0.550. The van der Waals surface area contributed by atoms with Crippen LogP contribution in [0.15, 0.2) is 51.7 Å². The van der Waals surface area contributed by atoms with Crippen molar-refractivity contribution in [2.45, 2.75) is 44.4 Å². The van der Waals surface area contributed by atoms with E-state index in [9.17, 15) is 9.00 Å². The topological polar surface area (TPSA) is 77.0 Å². The first kappa shape index (κ1) is 23.7. The fourth-order valence-electron chi connectivity index (χ4n) is 2.83. The SMILES string of the molecule is CCCCN=S(C)(=O)c1cc(C(=O)OC)cc(NCCCC)c1Oc1ccccc1. The Kier molecular flexibility index (Phi) is 9.17. The third kappa shape index (κ3) is 6.49. The van der Waals surface area contributed by atoms with Crippen molar-refractivity contribution in [3.8, 4) is 11.5 Å². The molecule has 0 radical (unpaired) electrons. The zero-order valence-electron chi connectivity index (χ0n) is 18.3. The Morgan fingerprint density at radius 1 is 1.10 bits per heavy atom. The van der Waals surface area contributed by atoms with Crippen LogP contribution in [0.25, 0.3) is 0 Å². The Morgan fingerprint density at radius 2 is 1.80 bits per heavy atom. The number of benzene rings is 2. The highest BCUT2D eigenvalue weighted by Crippen LogP contribution is 2.38. The minimum Gasteiger partial charge on any atom is -0.465 e. The highest BCUT2D eigenvalue weighted by molar-refractivity contribution is 7.93. The van der Waals surface area contributed by atoms with Gasteiger partial charge in [-0.15, -0.1) is 0 Å². The van der Waals surface area contributed by atoms with Crippen LogP contribution in [0.2, 0.25) is 0 Å². The maximum absolute atomic E-state index is 13.6. The van der Waals surface area contributed by atoms with E-state index in [0.29, 0.717) is 40.7 Å². The van der Waals surface area contributed by atoms with Crippen molar-refractivity contribution in [3.63, 3.8) is 0 Å². The summed E-state index contributed by atoms with van der Waals surface area (Å²) in [6, 6.07) is 12.6. The molecule has 0 aliphatic heterocycles. The van der Waals surface area contributed by atoms with Gasteiger partial charge in [0.15, 0.2) is 5.75 Å². The van der Waals surface area contributed by atoms with Crippen molar-refractivity contribution in [1.29, 1.82) is 0 Å². The van der Waals surface area contributed by atoms with Crippen molar-refractivity contribution < 1.29 is 18.5 Å². The van der Waals surface area contributed by atoms with E-state index in [1.54, 1.807) is 18.4 Å². The molecule has 2 aromatic carbocycles. The number of carbonyl (C=O) groups excluding carboxylic acids is 1. The molecule has 0 aliphatic rings. The molecular formula is C23H32N2O4S. The van der Waals surface area contributed by atoms with Gasteiger partial charge in [-0.1, -0.05) is 44.9 Å². The summed E-state index contributed by atoms with van der Waals surface area (Å²) in [4.78, 5) is 12.7. The molecule has 30 heavy (non-hydrogen) atoms. The summed E-state index contributed by atoms with van der Waals surface area (Å²) in [6.45, 7) is 5.34. The van der Waals surface area contributed by atoms with Crippen molar-refractivity contribution in [1.82, 2.24) is 0 Å². The smallest absolute Gasteiger partial charge is 0.337 e. The third-order valence-corrected chi connectivity index (χ3v) is 6.34. The van der Waals surface area contributed by atoms with E-state index < -0.39 is 15.7 Å². The van der Waals surface area contributed by atoms with Crippen LogP contribution in [-0.2, 0) is 14.5 Å². The highest BCUT2D eigenvalue weighted by atomic mass is 32.2. The van der Waals surface area contributed by atoms with Gasteiger partial charge in [0, 0.05) is 19.3 Å². The van der Waals surface area contributed by atoms with Crippen molar-refractivity contribution in [2.75, 3.05) is 31.8 Å². The molecular weight excluding hydrogens is 400 g/mol. The van der Waals surface area contributed by atoms with Crippen LogP contribution in [0.4, 0.5) is 5.69 Å². The molecule has 0 fully saturated rings. The van der Waals surface area contributed by atoms with Crippen LogP contribution in [0.3, 0.4) is 0 Å². The fraction of sp³-hybridized carbons (Fsp3) is 0.435. The van der Waals surface area contributed by atoms with E-state index in [1.807, 2.05) is 30.3 Å². The molecule has 1 unspecified atom stereocenters. The quantitative estimate of drug-likeness (QED) is 0.362. The number of para-hydroxylation sites is 1. The molecule has 0 heterocycles. The average molecular weight is 433 g/mol. The molecule has 0 saturated carbocycles. The van der Waals surface area contributed by atoms with Crippen molar-refractivity contribution in [3.05, 3.63) is 48.0 Å². The molecule has 0 bridgehead atoms. The second-order valence-corrected chi connectivity index (χ2v) is 9.35. The van der Waals surface area contributed by atoms with Crippen molar-refractivity contribution >= 4 is 21.4 Å². The largest absolute Gasteiger partial charge is 0.465 e. The molecule has 0 aromatic heterocycles. The molecule has 0 spiro atoms. The van der Waals surface area contributed by atoms with Crippen LogP contribution in [0.1, 0.15) is 49.9 Å². The predicted octanol–water partition coefficient (Wildman–Crippen LogP) is 5.73. The second-order valence-electron chi connectivity index (χ2n) is 7.05. The first-order chi connectivity index (χ1) is 14.4. The zero-order chi connectivity index (χ0) is 22.0. The molecule has 164 valence electrons. The van der Waals surface area contributed by atoms with E-state index >= 15 is 0 Å². The van der Waals surface area contributed by atoms with Gasteiger partial charge in [0.1, 0.15) is 5.75 Å². The number of unbranched alkanes of at least 4 members (excludes halogenated alkanes) is 2. The Labute approximate surface area is 180 Å². The van der Waals surface area contributed by atoms with Gasteiger partial charge in [0.25, 0.3) is 0 Å². The lowest BCUT2D eigenvalue weighted by molar-refractivity contribution is 0.0600. The molecule has 0 amide bonds. The van der Waals surface area contributed by atoms with Gasteiger partial charge < -0.3 is 14.8 Å². The van der Waals surface area contributed by atoms with Gasteiger partial charge in [0.2, 0.25) is 0 Å². The molecule has 7 heteroatoms. The molecule has 2 rings (SSSR count). The van der Waals surface area contributed by atoms with Gasteiger partial charge in [0.05, 0.1) is 33.0 Å². The molecule has 0 aliphatic carbocycles. The van der Waals surface area contributed by atoms with Crippen LogP contribution < -0.4 is 10.1 Å². The van der Waals surface area contributed by atoms with Crippen LogP contribution in [0, 0.1) is 0 Å². The summed E-state index contributed by atoms with van der Waals surface area (Å²) in [5, 5.41) is 3.33. The molecule has 0 saturated heterocycles. The third-order valence-electron chi connectivity index (χ3n) is 4.54. The van der Waals surface area contributed by atoms with E-state index in [1.165, 1.54) is 7.11 Å². The van der Waals surface area contributed by atoms with E-state index in [0.717, 1.165) is 25.7 Å². The standard InChI is InChI=1S/C23H32N2O4S/c1-5-7-14-24-20-16-18(23(26)28-3)17-21(30(4,27)25-15-8-6-2)22(20)29-19-12-10-9-11-13-19/h9-13,16-17,24H,5-8,14-15H2,1-4H3. The summed E-state index contributed by atoms with van der Waals surface area (Å²) < 4.78 is 29.1. The summed E-state index contributed by atoms with van der Waals surface area (Å²) in [6.07, 6.45) is 5.36. The molecule has 1 N–H and O–H groups in total. The van der Waals surface area contributed by atoms with E-state index in [2.05, 4.69) is 23.5 Å². The van der Waals surface area contributed by atoms with Crippen LogP contribution >= 0.6 is 0 Å². The normalized spacial score (nSPS) is 12.7. The number of hydrogen-bond acceptors (Lipinski definition) is 6. The summed E-state index contributed by atoms with van der Waals surface area (Å²) >= 11 is 0. The Morgan fingerprint density at radius 3 is 2.43 bits per heavy atom. The number of nitrogens with zero attached hydrogens (tertiary/aromatic N) is 1. The van der Waals surface area contributed by atoms with E-state index in [-0.39, 0.29) is 0 Å². The van der Waals surface area contributed by atoms with Crippen LogP contribution in [0.5, 0.6) is 11.5 Å². The predicted molar refractivity (Wildman–Crippen MR) is 122 cm³/mol. The highest BCUT2D eigenvalue weighted by Gasteiger charge is 2.22. The number of carbonyl (C=O) groups is 1. The number of hydrogen-bond donors (Lipinski definition) is 1. The van der Waals surface area contributed by atoms with E-state index in [4.69, 9.17) is 9.47 Å². The van der Waals surface area contributed by atoms with Gasteiger partial charge in [-0.2, -0.15) is 0 Å². The number of nitrogens with one attached hydrogen (secondary N) is 1. The first-order valence-electron chi connectivity index (χ1n) is 10.3. The summed E-state index contributed by atoms with van der Waals surface area (Å²) in [7, 11) is -1.47. The van der Waals surface area contributed by atoms with Crippen LogP contribution in [-0.4, -0.2) is 36.6 Å². The van der Waals surface area contributed by atoms with Crippen molar-refractivity contribution in [2.24, 2.45) is 4.36 Å². The Balaban J connectivity index is 2.66. The fourth-order valence-corrected chi connectivity index (χ4v) is 4.29. The number of esters is 1. The first-order valence-corrected chi connectivity index (χ1v) is 12.3. The monoisotopic (exact) mass is 432 g/mol. The molecule has 1 atom stereocenters. The molecule has 2 aromatic rings. The minimum absolute atomic E-state index is 0.312. The minimum atomic E-state index is -2.80. The maximum Gasteiger partial charge on any atom is 0.337 e. The lowest BCUT2D eigenvalue weighted by Gasteiger charge is -2.19. The molecule has 6 nitrogen and oxygen atoms in total. The lowest BCUT2D eigenvalue weighted by atomic mass is 10.1. The second kappa shape index (κ2) is 11.6. The Hall–Kier alpha value is -2.54. The Bertz CT molecular complexity index is 951. The number of ether oxygens (including phenoxy) is 2. The lowest BCUT2D eigenvalue weighted by Crippen LogP contribution is -2.11. The van der Waals surface area contributed by atoms with Gasteiger partial charge in [-0.3, -0.25) is 0 Å². The van der Waals surface area contributed by atoms with Gasteiger partial charge in [-0.25, -0.2) is 13.4 Å². The van der Waals surface area contributed by atoms with Gasteiger partial charge >= 0.3 is 5.97 Å². The number of anilines is 1. The average Bonchev–Trinajstić information content (AvgIpc) is 2.75. The maximum atomic E-state index is 13.6. The van der Waals surface area contributed by atoms with Gasteiger partial charge in [-0.05, 0) is 37.1 Å². The number of methoxy groups -OCH3 is 1.